The van der Waals surface area contributed by atoms with Gasteiger partial charge in [0.2, 0.25) is 0 Å². The van der Waals surface area contributed by atoms with Gasteiger partial charge in [-0.15, -0.1) is 0 Å². The monoisotopic (exact) mass is 485 g/mol. The van der Waals surface area contributed by atoms with Gasteiger partial charge in [-0.3, -0.25) is 0 Å². The molecule has 1 heterocycles. The first-order valence-electron chi connectivity index (χ1n) is 11.1. The van der Waals surface area contributed by atoms with E-state index in [-0.39, 0.29) is 24.4 Å². The van der Waals surface area contributed by atoms with Crippen molar-refractivity contribution in [3.05, 3.63) is 30.3 Å². The molecule has 10 nitrogen and oxygen atoms in total. The number of sulfone groups is 1. The van der Waals surface area contributed by atoms with Gasteiger partial charge in [0.05, 0.1) is 10.6 Å². The van der Waals surface area contributed by atoms with E-state index in [1.165, 1.54) is 25.7 Å². The van der Waals surface area contributed by atoms with Gasteiger partial charge in [-0.25, -0.2) is 22.8 Å². The van der Waals surface area contributed by atoms with Gasteiger partial charge in [-0.1, -0.05) is 31.0 Å². The fourth-order valence-electron chi connectivity index (χ4n) is 3.34. The molecule has 0 atom stereocenters. The second-order valence-corrected chi connectivity index (χ2v) is 10.1. The SMILES string of the molecule is CC(C)N(CCS(=O)(=O)c1ccccc1)C(=O)NCCN1CCCCCC1.O=C(O)C(=O)O. The van der Waals surface area contributed by atoms with Crippen LogP contribution in [0.25, 0.3) is 0 Å². The number of urea groups is 1. The molecule has 3 N–H and O–H groups in total. The fourth-order valence-corrected chi connectivity index (χ4v) is 4.59. The molecule has 0 saturated carbocycles. The Morgan fingerprint density at radius 1 is 1.00 bits per heavy atom. The first-order chi connectivity index (χ1) is 15.5. The quantitative estimate of drug-likeness (QED) is 0.474. The van der Waals surface area contributed by atoms with E-state index in [0.29, 0.717) is 11.4 Å². The molecular weight excluding hydrogens is 450 g/mol. The largest absolute Gasteiger partial charge is 0.473 e. The topological polar surface area (TPSA) is 144 Å². The molecule has 186 valence electrons. The number of rotatable bonds is 8. The third kappa shape index (κ3) is 11.2. The van der Waals surface area contributed by atoms with Gasteiger partial charge in [-0.05, 0) is 51.9 Å². The third-order valence-electron chi connectivity index (χ3n) is 5.17. The average molecular weight is 486 g/mol. The minimum Gasteiger partial charge on any atom is -0.473 e. The van der Waals surface area contributed by atoms with Crippen LogP contribution < -0.4 is 5.32 Å². The standard InChI is InChI=1S/C20H33N3O3S.C2H2O4/c1-18(2)23(16-17-27(25,26)19-10-6-5-7-11-19)20(24)21-12-15-22-13-8-3-4-9-14-22;3-1(4)2(5)6/h5-7,10-11,18H,3-4,8-9,12-17H2,1-2H3,(H,21,24);(H,3,4)(H,5,6). The zero-order chi connectivity index (χ0) is 24.9. The summed E-state index contributed by atoms with van der Waals surface area (Å²) in [5.41, 5.74) is 0. The number of carbonyl (C=O) groups is 3. The van der Waals surface area contributed by atoms with Crippen LogP contribution in [-0.4, -0.2) is 90.9 Å². The van der Waals surface area contributed by atoms with Crippen molar-refractivity contribution < 1.29 is 33.0 Å². The Morgan fingerprint density at radius 3 is 2.03 bits per heavy atom. The summed E-state index contributed by atoms with van der Waals surface area (Å²) in [4.78, 5) is 35.0. The highest BCUT2D eigenvalue weighted by atomic mass is 32.2. The van der Waals surface area contributed by atoms with E-state index in [9.17, 15) is 13.2 Å². The van der Waals surface area contributed by atoms with E-state index in [1.54, 1.807) is 35.2 Å². The summed E-state index contributed by atoms with van der Waals surface area (Å²) in [6.07, 6.45) is 5.03. The minimum absolute atomic E-state index is 0.0610. The van der Waals surface area contributed by atoms with E-state index in [4.69, 9.17) is 19.8 Å². The molecule has 1 aliphatic rings. The highest BCUT2D eigenvalue weighted by Crippen LogP contribution is 2.12. The van der Waals surface area contributed by atoms with Crippen molar-refractivity contribution in [2.75, 3.05) is 38.5 Å². The number of aliphatic carboxylic acids is 2. The summed E-state index contributed by atoms with van der Waals surface area (Å²) < 4.78 is 24.9. The third-order valence-corrected chi connectivity index (χ3v) is 6.88. The summed E-state index contributed by atoms with van der Waals surface area (Å²) in [5, 5.41) is 17.7. The van der Waals surface area contributed by atoms with Crippen molar-refractivity contribution in [1.29, 1.82) is 0 Å². The molecule has 2 rings (SSSR count). The van der Waals surface area contributed by atoms with Gasteiger partial charge in [0.25, 0.3) is 0 Å². The summed E-state index contributed by atoms with van der Waals surface area (Å²) in [6.45, 7) is 7.63. The predicted molar refractivity (Wildman–Crippen MR) is 124 cm³/mol. The Hall–Kier alpha value is -2.66. The van der Waals surface area contributed by atoms with E-state index in [1.807, 2.05) is 13.8 Å². The minimum atomic E-state index is -3.39. The zero-order valence-corrected chi connectivity index (χ0v) is 20.1. The van der Waals surface area contributed by atoms with Crippen LogP contribution in [-0.2, 0) is 19.4 Å². The lowest BCUT2D eigenvalue weighted by atomic mass is 10.2. The van der Waals surface area contributed by atoms with Crippen molar-refractivity contribution in [1.82, 2.24) is 15.1 Å². The Balaban J connectivity index is 0.000000801. The first-order valence-corrected chi connectivity index (χ1v) is 12.7. The number of nitrogens with zero attached hydrogens (tertiary/aromatic N) is 2. The molecule has 1 aromatic carbocycles. The molecule has 11 heteroatoms. The van der Waals surface area contributed by atoms with Crippen molar-refractivity contribution >= 4 is 27.8 Å². The molecule has 1 aliphatic heterocycles. The molecule has 0 bridgehead atoms. The van der Waals surface area contributed by atoms with Gasteiger partial charge < -0.3 is 25.3 Å². The normalized spacial score (nSPS) is 14.5. The number of amides is 2. The lowest BCUT2D eigenvalue weighted by molar-refractivity contribution is -0.159. The first kappa shape index (κ1) is 28.4. The van der Waals surface area contributed by atoms with Gasteiger partial charge in [0.1, 0.15) is 0 Å². The van der Waals surface area contributed by atoms with E-state index in [0.717, 1.165) is 19.6 Å². The van der Waals surface area contributed by atoms with Crippen molar-refractivity contribution in [2.24, 2.45) is 0 Å². The summed E-state index contributed by atoms with van der Waals surface area (Å²) in [6, 6.07) is 8.15. The Kier molecular flexibility index (Phi) is 12.5. The van der Waals surface area contributed by atoms with E-state index < -0.39 is 21.8 Å². The maximum Gasteiger partial charge on any atom is 0.414 e. The Bertz CT molecular complexity index is 840. The molecule has 0 aromatic heterocycles. The molecule has 2 amide bonds. The summed E-state index contributed by atoms with van der Waals surface area (Å²) in [5.74, 6) is -3.72. The molecule has 1 fully saturated rings. The fraction of sp³-hybridized carbons (Fsp3) is 0.591. The Labute approximate surface area is 195 Å². The second kappa shape index (κ2) is 14.5. The molecular formula is C22H35N3O7S. The number of benzene rings is 1. The number of carbonyl (C=O) groups excluding carboxylic acids is 1. The van der Waals surface area contributed by atoms with Gasteiger partial charge in [-0.2, -0.15) is 0 Å². The predicted octanol–water partition coefficient (Wildman–Crippen LogP) is 1.91. The van der Waals surface area contributed by atoms with Crippen LogP contribution >= 0.6 is 0 Å². The average Bonchev–Trinajstić information content (AvgIpc) is 3.03. The smallest absolute Gasteiger partial charge is 0.414 e. The highest BCUT2D eigenvalue weighted by Gasteiger charge is 2.21. The lowest BCUT2D eigenvalue weighted by Crippen LogP contribution is -2.47. The van der Waals surface area contributed by atoms with Crippen LogP contribution in [0.2, 0.25) is 0 Å². The van der Waals surface area contributed by atoms with Crippen molar-refractivity contribution in [2.45, 2.75) is 50.5 Å². The second-order valence-electron chi connectivity index (χ2n) is 8.02. The maximum absolute atomic E-state index is 12.5. The van der Waals surface area contributed by atoms with Gasteiger partial charge >= 0.3 is 18.0 Å². The molecule has 0 unspecified atom stereocenters. The van der Waals surface area contributed by atoms with Crippen molar-refractivity contribution in [3.63, 3.8) is 0 Å². The zero-order valence-electron chi connectivity index (χ0n) is 19.3. The number of hydrogen-bond acceptors (Lipinski definition) is 6. The van der Waals surface area contributed by atoms with Gasteiger partial charge in [0.15, 0.2) is 9.84 Å². The molecule has 1 aromatic rings. The summed E-state index contributed by atoms with van der Waals surface area (Å²) >= 11 is 0. The van der Waals surface area contributed by atoms with Crippen LogP contribution in [0.4, 0.5) is 4.79 Å². The number of likely N-dealkylation sites (tertiary alicyclic amines) is 1. The van der Waals surface area contributed by atoms with Crippen LogP contribution in [0.15, 0.2) is 35.2 Å². The molecule has 33 heavy (non-hydrogen) atoms. The van der Waals surface area contributed by atoms with Crippen LogP contribution in [0.3, 0.4) is 0 Å². The molecule has 0 radical (unpaired) electrons. The van der Waals surface area contributed by atoms with Gasteiger partial charge in [0, 0.05) is 25.7 Å². The number of carboxylic acid groups (broad SMARTS) is 2. The van der Waals surface area contributed by atoms with Crippen molar-refractivity contribution in [3.8, 4) is 0 Å². The van der Waals surface area contributed by atoms with Crippen LogP contribution in [0.1, 0.15) is 39.5 Å². The Morgan fingerprint density at radius 2 is 1.55 bits per heavy atom. The number of hydrogen-bond donors (Lipinski definition) is 3. The molecule has 0 spiro atoms. The van der Waals surface area contributed by atoms with E-state index in [2.05, 4.69) is 10.2 Å². The van der Waals surface area contributed by atoms with Crippen LogP contribution in [0, 0.1) is 0 Å². The van der Waals surface area contributed by atoms with Crippen LogP contribution in [0.5, 0.6) is 0 Å². The number of nitrogens with one attached hydrogen (secondary N) is 1. The van der Waals surface area contributed by atoms with E-state index >= 15 is 0 Å². The maximum atomic E-state index is 12.5. The number of carboxylic acids is 2. The molecule has 1 saturated heterocycles. The summed E-state index contributed by atoms with van der Waals surface area (Å²) in [7, 11) is -3.39. The molecule has 0 aliphatic carbocycles. The highest BCUT2D eigenvalue weighted by molar-refractivity contribution is 7.91. The lowest BCUT2D eigenvalue weighted by Gasteiger charge is -2.28.